The van der Waals surface area contributed by atoms with Crippen molar-refractivity contribution < 1.29 is 4.39 Å². The van der Waals surface area contributed by atoms with Crippen LogP contribution in [0, 0.1) is 5.82 Å². The summed E-state index contributed by atoms with van der Waals surface area (Å²) in [6, 6.07) is 6.48. The van der Waals surface area contributed by atoms with Crippen molar-refractivity contribution in [2.24, 2.45) is 0 Å². The Hall–Kier alpha value is -0.380. The van der Waals surface area contributed by atoms with E-state index < -0.39 is 0 Å². The monoisotopic (exact) mass is 276 g/mol. The summed E-state index contributed by atoms with van der Waals surface area (Å²) in [7, 11) is 0. The summed E-state index contributed by atoms with van der Waals surface area (Å²) in [5.74, 6) is -0.185. The van der Waals surface area contributed by atoms with Crippen LogP contribution < -0.4 is 0 Å². The van der Waals surface area contributed by atoms with Gasteiger partial charge >= 0.3 is 0 Å². The first-order valence-corrected chi connectivity index (χ1v) is 5.01. The van der Waals surface area contributed by atoms with E-state index in [2.05, 4.69) is 35.6 Å². The Labute approximate surface area is 85.6 Å². The fourth-order valence-electron chi connectivity index (χ4n) is 0.818. The van der Waals surface area contributed by atoms with E-state index in [0.29, 0.717) is 3.92 Å². The van der Waals surface area contributed by atoms with Crippen LogP contribution in [0.15, 0.2) is 30.3 Å². The molecule has 0 saturated carbocycles. The van der Waals surface area contributed by atoms with E-state index in [1.54, 1.807) is 12.1 Å². The van der Waals surface area contributed by atoms with E-state index in [4.69, 9.17) is 0 Å². The third-order valence-electron chi connectivity index (χ3n) is 1.42. The smallest absolute Gasteiger partial charge is 0.123 e. The van der Waals surface area contributed by atoms with E-state index in [1.807, 2.05) is 6.08 Å². The molecule has 0 saturated heterocycles. The van der Waals surface area contributed by atoms with Gasteiger partial charge in [0.05, 0.1) is 0 Å². The van der Waals surface area contributed by atoms with Crippen molar-refractivity contribution in [3.8, 4) is 0 Å². The zero-order chi connectivity index (χ0) is 8.97. The quantitative estimate of drug-likeness (QED) is 0.571. The van der Waals surface area contributed by atoms with Crippen LogP contribution in [0.1, 0.15) is 12.5 Å². The Morgan fingerprint density at radius 3 is 2.42 bits per heavy atom. The predicted molar refractivity (Wildman–Crippen MR) is 58.9 cm³/mol. The largest absolute Gasteiger partial charge is 0.207 e. The summed E-state index contributed by atoms with van der Waals surface area (Å²) in [6.07, 6.45) is 4.07. The third-order valence-corrected chi connectivity index (χ3v) is 1.84. The van der Waals surface area contributed by atoms with Gasteiger partial charge in [-0.1, -0.05) is 46.9 Å². The topological polar surface area (TPSA) is 0 Å². The average molecular weight is 276 g/mol. The summed E-state index contributed by atoms with van der Waals surface area (Å²) in [5, 5.41) is 0. The molecule has 1 atom stereocenters. The Kier molecular flexibility index (Phi) is 3.72. The minimum atomic E-state index is -0.185. The molecule has 0 aliphatic heterocycles. The lowest BCUT2D eigenvalue weighted by Crippen LogP contribution is -1.80. The van der Waals surface area contributed by atoms with Gasteiger partial charge in [-0.3, -0.25) is 0 Å². The number of hydrogen-bond donors (Lipinski definition) is 0. The summed E-state index contributed by atoms with van der Waals surface area (Å²) in [6.45, 7) is 2.10. The molecule has 0 aromatic heterocycles. The van der Waals surface area contributed by atoms with Gasteiger partial charge in [0.15, 0.2) is 0 Å². The zero-order valence-electron chi connectivity index (χ0n) is 6.80. The number of allylic oxidation sites excluding steroid dienone is 1. The van der Waals surface area contributed by atoms with E-state index in [-0.39, 0.29) is 5.82 Å². The van der Waals surface area contributed by atoms with Gasteiger partial charge in [-0.2, -0.15) is 0 Å². The molecule has 0 aliphatic carbocycles. The van der Waals surface area contributed by atoms with Gasteiger partial charge < -0.3 is 0 Å². The van der Waals surface area contributed by atoms with Crippen molar-refractivity contribution in [1.29, 1.82) is 0 Å². The van der Waals surface area contributed by atoms with Gasteiger partial charge in [0.1, 0.15) is 5.82 Å². The highest BCUT2D eigenvalue weighted by molar-refractivity contribution is 14.1. The number of benzene rings is 1. The Morgan fingerprint density at radius 2 is 1.92 bits per heavy atom. The first-order chi connectivity index (χ1) is 5.68. The second kappa shape index (κ2) is 4.60. The van der Waals surface area contributed by atoms with Crippen LogP contribution in [-0.2, 0) is 0 Å². The highest BCUT2D eigenvalue weighted by Gasteiger charge is 1.89. The molecule has 1 aromatic rings. The SMILES string of the molecule is CC(I)/C=C/c1ccc(F)cc1. The normalized spacial score (nSPS) is 13.6. The van der Waals surface area contributed by atoms with Crippen LogP contribution in [0.25, 0.3) is 6.08 Å². The van der Waals surface area contributed by atoms with Crippen LogP contribution in [-0.4, -0.2) is 3.92 Å². The molecule has 0 bridgehead atoms. The lowest BCUT2D eigenvalue weighted by Gasteiger charge is -1.94. The molecular formula is C10H10FI. The molecule has 0 heterocycles. The van der Waals surface area contributed by atoms with Crippen LogP contribution in [0.2, 0.25) is 0 Å². The molecule has 0 N–H and O–H groups in total. The molecule has 0 nitrogen and oxygen atoms in total. The van der Waals surface area contributed by atoms with Gasteiger partial charge in [-0.05, 0) is 24.6 Å². The lowest BCUT2D eigenvalue weighted by atomic mass is 10.2. The number of rotatable bonds is 2. The predicted octanol–water partition coefficient (Wildman–Crippen LogP) is 3.66. The van der Waals surface area contributed by atoms with Crippen LogP contribution in [0.4, 0.5) is 4.39 Å². The summed E-state index contributed by atoms with van der Waals surface area (Å²) in [5.41, 5.74) is 1.04. The fourth-order valence-corrected chi connectivity index (χ4v) is 1.03. The molecule has 1 rings (SSSR count). The van der Waals surface area contributed by atoms with Gasteiger partial charge in [-0.25, -0.2) is 4.39 Å². The molecule has 1 aromatic carbocycles. The molecule has 1 unspecified atom stereocenters. The zero-order valence-corrected chi connectivity index (χ0v) is 8.95. The standard InChI is InChI=1S/C10H10FI/c1-8(12)2-3-9-4-6-10(11)7-5-9/h2-8H,1H3/b3-2+. The molecule has 0 radical (unpaired) electrons. The summed E-state index contributed by atoms with van der Waals surface area (Å²) in [4.78, 5) is 0. The second-order valence-electron chi connectivity index (χ2n) is 2.59. The van der Waals surface area contributed by atoms with Crippen molar-refractivity contribution >= 4 is 28.7 Å². The molecule has 0 aliphatic rings. The lowest BCUT2D eigenvalue weighted by molar-refractivity contribution is 0.628. The number of alkyl halides is 1. The van der Waals surface area contributed by atoms with Crippen LogP contribution in [0.3, 0.4) is 0 Å². The Bertz CT molecular complexity index is 262. The van der Waals surface area contributed by atoms with E-state index in [0.717, 1.165) is 5.56 Å². The number of hydrogen-bond acceptors (Lipinski definition) is 0. The minimum Gasteiger partial charge on any atom is -0.207 e. The first kappa shape index (κ1) is 9.71. The molecule has 12 heavy (non-hydrogen) atoms. The summed E-state index contributed by atoms with van der Waals surface area (Å²) < 4.78 is 13.0. The highest BCUT2D eigenvalue weighted by atomic mass is 127. The van der Waals surface area contributed by atoms with E-state index in [1.165, 1.54) is 12.1 Å². The molecule has 2 heteroatoms. The Morgan fingerprint density at radius 1 is 1.33 bits per heavy atom. The molecule has 0 spiro atoms. The van der Waals surface area contributed by atoms with Crippen molar-refractivity contribution in [1.82, 2.24) is 0 Å². The summed E-state index contributed by atoms with van der Waals surface area (Å²) >= 11 is 2.32. The van der Waals surface area contributed by atoms with Gasteiger partial charge in [0, 0.05) is 3.92 Å². The highest BCUT2D eigenvalue weighted by Crippen LogP contribution is 2.07. The van der Waals surface area contributed by atoms with Crippen molar-refractivity contribution in [3.05, 3.63) is 41.7 Å². The maximum Gasteiger partial charge on any atom is 0.123 e. The van der Waals surface area contributed by atoms with Crippen LogP contribution in [0.5, 0.6) is 0 Å². The first-order valence-electron chi connectivity index (χ1n) is 3.76. The van der Waals surface area contributed by atoms with E-state index >= 15 is 0 Å². The van der Waals surface area contributed by atoms with Crippen LogP contribution >= 0.6 is 22.6 Å². The minimum absolute atomic E-state index is 0.185. The van der Waals surface area contributed by atoms with E-state index in [9.17, 15) is 4.39 Å². The fraction of sp³-hybridized carbons (Fsp3) is 0.200. The van der Waals surface area contributed by atoms with Gasteiger partial charge in [-0.15, -0.1) is 0 Å². The Balaban J connectivity index is 2.71. The second-order valence-corrected chi connectivity index (χ2v) is 4.55. The third kappa shape index (κ3) is 3.34. The molecular weight excluding hydrogens is 266 g/mol. The molecule has 0 amide bonds. The number of halogens is 2. The maximum atomic E-state index is 12.5. The molecule has 0 fully saturated rings. The molecule has 64 valence electrons. The van der Waals surface area contributed by atoms with Crippen molar-refractivity contribution in [3.63, 3.8) is 0 Å². The van der Waals surface area contributed by atoms with Gasteiger partial charge in [0.2, 0.25) is 0 Å². The average Bonchev–Trinajstić information content (AvgIpc) is 2.03. The van der Waals surface area contributed by atoms with Gasteiger partial charge in [0.25, 0.3) is 0 Å². The maximum absolute atomic E-state index is 12.5. The van der Waals surface area contributed by atoms with Crippen molar-refractivity contribution in [2.45, 2.75) is 10.8 Å². The van der Waals surface area contributed by atoms with Crippen molar-refractivity contribution in [2.75, 3.05) is 0 Å².